The quantitative estimate of drug-likeness (QED) is 0.615. The van der Waals surface area contributed by atoms with Crippen LogP contribution in [0.3, 0.4) is 0 Å². The molecule has 0 aliphatic carbocycles. The number of ether oxygens (including phenoxy) is 2. The third kappa shape index (κ3) is 2.03. The summed E-state index contributed by atoms with van der Waals surface area (Å²) in [7, 11) is 0. The molecule has 1 N–H and O–H groups in total. The van der Waals surface area contributed by atoms with Crippen molar-refractivity contribution in [2.24, 2.45) is 0 Å². The van der Waals surface area contributed by atoms with Gasteiger partial charge in [0.25, 0.3) is 0 Å². The molecule has 2 aliphatic rings. The van der Waals surface area contributed by atoms with E-state index in [-0.39, 0.29) is 24.4 Å². The zero-order valence-electron chi connectivity index (χ0n) is 8.11. The molecule has 0 bridgehead atoms. The molecule has 13 heavy (non-hydrogen) atoms. The fourth-order valence-electron chi connectivity index (χ4n) is 2.15. The van der Waals surface area contributed by atoms with Gasteiger partial charge in [0.05, 0.1) is 24.4 Å². The summed E-state index contributed by atoms with van der Waals surface area (Å²) in [6, 6.07) is 0. The van der Waals surface area contributed by atoms with Crippen LogP contribution < -0.4 is 0 Å². The number of hydrogen-bond donors (Lipinski definition) is 1. The first-order valence-corrected chi connectivity index (χ1v) is 5.22. The lowest BCUT2D eigenvalue weighted by atomic mass is 9.96. The molecule has 2 aliphatic heterocycles. The Morgan fingerprint density at radius 2 is 2.08 bits per heavy atom. The van der Waals surface area contributed by atoms with Crippen LogP contribution in [0.2, 0.25) is 0 Å². The largest absolute Gasteiger partial charge is 0.390 e. The van der Waals surface area contributed by atoms with Crippen molar-refractivity contribution in [2.75, 3.05) is 6.61 Å². The van der Waals surface area contributed by atoms with Crippen LogP contribution in [0.15, 0.2) is 0 Å². The molecule has 0 spiro atoms. The fourth-order valence-corrected chi connectivity index (χ4v) is 2.15. The molecular formula is C10H18O3. The Morgan fingerprint density at radius 3 is 2.92 bits per heavy atom. The molecule has 2 saturated heterocycles. The van der Waals surface area contributed by atoms with Gasteiger partial charge in [-0.05, 0) is 26.2 Å². The molecule has 0 saturated carbocycles. The predicted molar refractivity (Wildman–Crippen MR) is 48.5 cm³/mol. The second kappa shape index (κ2) is 3.95. The van der Waals surface area contributed by atoms with E-state index in [1.807, 2.05) is 6.92 Å². The minimum Gasteiger partial charge on any atom is -0.390 e. The molecule has 0 aromatic rings. The zero-order chi connectivity index (χ0) is 9.26. The van der Waals surface area contributed by atoms with Crippen LogP contribution in [0.25, 0.3) is 0 Å². The standard InChI is InChI=1S/C10H18O3/c1-7-8(11)6-10-9(13-7)4-2-3-5-12-10/h7-11H,2-6H2,1H3/t7-,8+,9+,10-/m0/s1. The summed E-state index contributed by atoms with van der Waals surface area (Å²) in [5, 5.41) is 9.60. The Labute approximate surface area is 79.0 Å². The molecule has 2 rings (SSSR count). The zero-order valence-corrected chi connectivity index (χ0v) is 8.11. The summed E-state index contributed by atoms with van der Waals surface area (Å²) in [4.78, 5) is 0. The molecular weight excluding hydrogens is 168 g/mol. The number of hydrogen-bond acceptors (Lipinski definition) is 3. The second-order valence-electron chi connectivity index (χ2n) is 4.09. The van der Waals surface area contributed by atoms with E-state index in [4.69, 9.17) is 9.47 Å². The van der Waals surface area contributed by atoms with Crippen LogP contribution in [0.5, 0.6) is 0 Å². The average Bonchev–Trinajstić information content (AvgIpc) is 2.31. The van der Waals surface area contributed by atoms with E-state index in [1.165, 1.54) is 6.42 Å². The van der Waals surface area contributed by atoms with Gasteiger partial charge < -0.3 is 14.6 Å². The number of fused-ring (bicyclic) bond motifs is 1. The number of aliphatic hydroxyl groups is 1. The molecule has 3 heteroatoms. The fraction of sp³-hybridized carbons (Fsp3) is 1.00. The molecule has 0 amide bonds. The van der Waals surface area contributed by atoms with Gasteiger partial charge in [0.1, 0.15) is 0 Å². The Morgan fingerprint density at radius 1 is 1.23 bits per heavy atom. The smallest absolute Gasteiger partial charge is 0.0862 e. The van der Waals surface area contributed by atoms with Gasteiger partial charge in [0, 0.05) is 13.0 Å². The maximum absolute atomic E-state index is 9.60. The lowest BCUT2D eigenvalue weighted by Crippen LogP contribution is -2.46. The van der Waals surface area contributed by atoms with E-state index in [0.717, 1.165) is 25.9 Å². The highest BCUT2D eigenvalue weighted by Gasteiger charge is 2.36. The van der Waals surface area contributed by atoms with Crippen molar-refractivity contribution in [1.29, 1.82) is 0 Å². The van der Waals surface area contributed by atoms with E-state index >= 15 is 0 Å². The van der Waals surface area contributed by atoms with Crippen molar-refractivity contribution in [3.8, 4) is 0 Å². The maximum atomic E-state index is 9.60. The van der Waals surface area contributed by atoms with Gasteiger partial charge in [-0.3, -0.25) is 0 Å². The molecule has 2 fully saturated rings. The van der Waals surface area contributed by atoms with Gasteiger partial charge >= 0.3 is 0 Å². The normalized spacial score (nSPS) is 46.6. The molecule has 4 atom stereocenters. The van der Waals surface area contributed by atoms with Crippen molar-refractivity contribution in [3.63, 3.8) is 0 Å². The summed E-state index contributed by atoms with van der Waals surface area (Å²) in [6.07, 6.45) is 4.12. The second-order valence-corrected chi connectivity index (χ2v) is 4.09. The summed E-state index contributed by atoms with van der Waals surface area (Å²) < 4.78 is 11.3. The lowest BCUT2D eigenvalue weighted by Gasteiger charge is -2.36. The average molecular weight is 186 g/mol. The highest BCUT2D eigenvalue weighted by Crippen LogP contribution is 2.28. The molecule has 3 nitrogen and oxygen atoms in total. The van der Waals surface area contributed by atoms with Crippen LogP contribution in [0, 0.1) is 0 Å². The molecule has 0 radical (unpaired) electrons. The summed E-state index contributed by atoms with van der Waals surface area (Å²) in [6.45, 7) is 2.76. The van der Waals surface area contributed by atoms with Crippen molar-refractivity contribution in [3.05, 3.63) is 0 Å². The maximum Gasteiger partial charge on any atom is 0.0862 e. The van der Waals surface area contributed by atoms with E-state index in [1.54, 1.807) is 0 Å². The van der Waals surface area contributed by atoms with Crippen LogP contribution in [0.1, 0.15) is 32.6 Å². The highest BCUT2D eigenvalue weighted by atomic mass is 16.6. The molecule has 2 heterocycles. The van der Waals surface area contributed by atoms with Gasteiger partial charge in [0.2, 0.25) is 0 Å². The molecule has 0 aromatic heterocycles. The topological polar surface area (TPSA) is 38.7 Å². The first-order chi connectivity index (χ1) is 6.27. The van der Waals surface area contributed by atoms with Crippen LogP contribution >= 0.6 is 0 Å². The van der Waals surface area contributed by atoms with E-state index in [2.05, 4.69) is 0 Å². The van der Waals surface area contributed by atoms with Gasteiger partial charge in [-0.15, -0.1) is 0 Å². The lowest BCUT2D eigenvalue weighted by molar-refractivity contribution is -0.173. The molecule has 0 aromatic carbocycles. The van der Waals surface area contributed by atoms with E-state index < -0.39 is 0 Å². The Kier molecular flexibility index (Phi) is 2.86. The SMILES string of the molecule is C[C@@H]1O[C@@H]2CCCCO[C@H]2C[C@H]1O. The predicted octanol–water partition coefficient (Wildman–Crippen LogP) is 1.09. The Bertz CT molecular complexity index is 154. The van der Waals surface area contributed by atoms with Gasteiger partial charge in [0.15, 0.2) is 0 Å². The highest BCUT2D eigenvalue weighted by molar-refractivity contribution is 4.85. The van der Waals surface area contributed by atoms with E-state index in [0.29, 0.717) is 0 Å². The van der Waals surface area contributed by atoms with Crippen molar-refractivity contribution in [1.82, 2.24) is 0 Å². The van der Waals surface area contributed by atoms with Crippen LogP contribution in [0.4, 0.5) is 0 Å². The monoisotopic (exact) mass is 186 g/mol. The van der Waals surface area contributed by atoms with Gasteiger partial charge in [-0.1, -0.05) is 0 Å². The summed E-state index contributed by atoms with van der Waals surface area (Å²) >= 11 is 0. The number of aliphatic hydroxyl groups excluding tert-OH is 1. The summed E-state index contributed by atoms with van der Waals surface area (Å²) in [5.41, 5.74) is 0. The van der Waals surface area contributed by atoms with Crippen LogP contribution in [-0.2, 0) is 9.47 Å². The van der Waals surface area contributed by atoms with Gasteiger partial charge in [-0.25, -0.2) is 0 Å². The Balaban J connectivity index is 1.99. The molecule has 0 unspecified atom stereocenters. The molecule has 76 valence electrons. The van der Waals surface area contributed by atoms with Crippen molar-refractivity contribution >= 4 is 0 Å². The minimum absolute atomic E-state index is 0.0250. The van der Waals surface area contributed by atoms with E-state index in [9.17, 15) is 5.11 Å². The first kappa shape index (κ1) is 9.44. The first-order valence-electron chi connectivity index (χ1n) is 5.22. The van der Waals surface area contributed by atoms with Crippen LogP contribution in [-0.4, -0.2) is 36.1 Å². The Hall–Kier alpha value is -0.120. The third-order valence-corrected chi connectivity index (χ3v) is 3.03. The van der Waals surface area contributed by atoms with Crippen molar-refractivity contribution < 1.29 is 14.6 Å². The van der Waals surface area contributed by atoms with Crippen molar-refractivity contribution in [2.45, 2.75) is 57.0 Å². The van der Waals surface area contributed by atoms with Gasteiger partial charge in [-0.2, -0.15) is 0 Å². The minimum atomic E-state index is -0.348. The summed E-state index contributed by atoms with van der Waals surface area (Å²) in [5.74, 6) is 0. The third-order valence-electron chi connectivity index (χ3n) is 3.03. The number of rotatable bonds is 0.